The van der Waals surface area contributed by atoms with Crippen LogP contribution in [0.25, 0.3) is 0 Å². The molecule has 98 valence electrons. The van der Waals surface area contributed by atoms with Gasteiger partial charge in [0.1, 0.15) is 0 Å². The van der Waals surface area contributed by atoms with Crippen molar-refractivity contribution < 1.29 is 24.1 Å². The summed E-state index contributed by atoms with van der Waals surface area (Å²) in [6.07, 6.45) is 0.345. The van der Waals surface area contributed by atoms with Crippen LogP contribution in [0, 0.1) is 5.92 Å². The molecule has 2 heterocycles. The third-order valence-electron chi connectivity index (χ3n) is 3.70. The van der Waals surface area contributed by atoms with Crippen LogP contribution < -0.4 is 0 Å². The molecular formula is C12H20O5. The molecule has 3 rings (SSSR count). The quantitative estimate of drug-likeness (QED) is 0.745. The Morgan fingerprint density at radius 1 is 1.00 bits per heavy atom. The van der Waals surface area contributed by atoms with Gasteiger partial charge in [-0.15, -0.1) is 0 Å². The van der Waals surface area contributed by atoms with E-state index in [1.54, 1.807) is 0 Å². The summed E-state index contributed by atoms with van der Waals surface area (Å²) in [5.41, 5.74) is 0. The van der Waals surface area contributed by atoms with Crippen LogP contribution in [0.1, 0.15) is 34.1 Å². The minimum Gasteiger partial charge on any atom is -0.365 e. The maximum absolute atomic E-state index is 10.4. The van der Waals surface area contributed by atoms with Crippen molar-refractivity contribution >= 4 is 0 Å². The molecule has 1 saturated carbocycles. The van der Waals surface area contributed by atoms with Gasteiger partial charge in [-0.3, -0.25) is 0 Å². The number of aliphatic hydroxyl groups is 1. The zero-order chi connectivity index (χ0) is 12.5. The fraction of sp³-hybridized carbons (Fsp3) is 1.00. The molecule has 0 aromatic heterocycles. The van der Waals surface area contributed by atoms with E-state index in [2.05, 4.69) is 0 Å². The first kappa shape index (κ1) is 11.9. The Morgan fingerprint density at radius 3 is 2.18 bits per heavy atom. The lowest BCUT2D eigenvalue weighted by Gasteiger charge is -2.60. The van der Waals surface area contributed by atoms with Crippen LogP contribution in [0.5, 0.6) is 0 Å². The van der Waals surface area contributed by atoms with Crippen LogP contribution in [0.15, 0.2) is 0 Å². The van der Waals surface area contributed by atoms with E-state index in [9.17, 15) is 5.11 Å². The second-order valence-electron chi connectivity index (χ2n) is 6.10. The SMILES string of the molecule is CC1(C)OC[C@H]([C@H]2[C@H]3C[C@@]2(O)OC(C)(C)O3)O1. The molecule has 1 aliphatic carbocycles. The zero-order valence-corrected chi connectivity index (χ0v) is 10.7. The van der Waals surface area contributed by atoms with Crippen LogP contribution in [-0.2, 0) is 18.9 Å². The van der Waals surface area contributed by atoms with E-state index >= 15 is 0 Å². The minimum atomic E-state index is -1.12. The Balaban J connectivity index is 1.75. The predicted molar refractivity (Wildman–Crippen MR) is 58.0 cm³/mol. The highest BCUT2D eigenvalue weighted by Gasteiger charge is 2.66. The van der Waals surface area contributed by atoms with E-state index in [1.165, 1.54) is 0 Å². The Hall–Kier alpha value is -0.200. The molecule has 1 N–H and O–H groups in total. The molecule has 4 atom stereocenters. The van der Waals surface area contributed by atoms with Crippen molar-refractivity contribution in [3.63, 3.8) is 0 Å². The standard InChI is InChI=1S/C12H20O5/c1-10(2)14-6-8(16-10)9-7-5-12(9,13)17-11(3,4)15-7/h7-9,13H,5-6H2,1-4H3/t7-,8-,9-,12-/m1/s1. The topological polar surface area (TPSA) is 57.2 Å². The van der Waals surface area contributed by atoms with Gasteiger partial charge in [0.05, 0.1) is 24.7 Å². The number of hydrogen-bond acceptors (Lipinski definition) is 5. The lowest BCUT2D eigenvalue weighted by molar-refractivity contribution is -0.483. The number of ether oxygens (including phenoxy) is 4. The van der Waals surface area contributed by atoms with Gasteiger partial charge in [0.25, 0.3) is 0 Å². The highest BCUT2D eigenvalue weighted by molar-refractivity contribution is 5.06. The summed E-state index contributed by atoms with van der Waals surface area (Å²) in [4.78, 5) is 0. The van der Waals surface area contributed by atoms with E-state index in [-0.39, 0.29) is 18.1 Å². The number of fused-ring (bicyclic) bond motifs is 2. The van der Waals surface area contributed by atoms with Gasteiger partial charge in [0, 0.05) is 6.42 Å². The largest absolute Gasteiger partial charge is 0.365 e. The van der Waals surface area contributed by atoms with Gasteiger partial charge in [-0.25, -0.2) is 0 Å². The molecule has 5 nitrogen and oxygen atoms in total. The molecule has 2 bridgehead atoms. The van der Waals surface area contributed by atoms with Crippen molar-refractivity contribution in [3.05, 3.63) is 0 Å². The third-order valence-corrected chi connectivity index (χ3v) is 3.70. The molecule has 2 aliphatic heterocycles. The summed E-state index contributed by atoms with van der Waals surface area (Å²) >= 11 is 0. The summed E-state index contributed by atoms with van der Waals surface area (Å²) < 4.78 is 22.7. The van der Waals surface area contributed by atoms with E-state index in [4.69, 9.17) is 18.9 Å². The van der Waals surface area contributed by atoms with Gasteiger partial charge in [0.2, 0.25) is 0 Å². The van der Waals surface area contributed by atoms with Crippen molar-refractivity contribution in [3.8, 4) is 0 Å². The summed E-state index contributed by atoms with van der Waals surface area (Å²) in [6.45, 7) is 7.85. The highest BCUT2D eigenvalue weighted by Crippen LogP contribution is 2.53. The first-order valence-corrected chi connectivity index (χ1v) is 6.13. The molecule has 2 saturated heterocycles. The molecule has 0 amide bonds. The lowest BCUT2D eigenvalue weighted by atomic mass is 9.70. The first-order valence-electron chi connectivity index (χ1n) is 6.13. The molecule has 3 fully saturated rings. The molecule has 0 unspecified atom stereocenters. The van der Waals surface area contributed by atoms with Crippen LogP contribution in [0.2, 0.25) is 0 Å². The van der Waals surface area contributed by atoms with Crippen LogP contribution in [0.4, 0.5) is 0 Å². The molecule has 3 aliphatic rings. The van der Waals surface area contributed by atoms with Gasteiger partial charge < -0.3 is 24.1 Å². The third kappa shape index (κ3) is 1.81. The second kappa shape index (κ2) is 3.22. The Bertz CT molecular complexity index is 340. The van der Waals surface area contributed by atoms with Gasteiger partial charge in [0.15, 0.2) is 17.4 Å². The maximum atomic E-state index is 10.4. The van der Waals surface area contributed by atoms with Gasteiger partial charge >= 0.3 is 0 Å². The Morgan fingerprint density at radius 2 is 1.65 bits per heavy atom. The normalized spacial score (nSPS) is 51.0. The average Bonchev–Trinajstić information content (AvgIpc) is 2.41. The Labute approximate surface area is 101 Å². The van der Waals surface area contributed by atoms with E-state index < -0.39 is 17.4 Å². The summed E-state index contributed by atoms with van der Waals surface area (Å²) in [5, 5.41) is 10.4. The fourth-order valence-electron chi connectivity index (χ4n) is 3.14. The molecule has 0 spiro atoms. The van der Waals surface area contributed by atoms with Crippen molar-refractivity contribution in [1.29, 1.82) is 0 Å². The average molecular weight is 244 g/mol. The van der Waals surface area contributed by atoms with Gasteiger partial charge in [-0.05, 0) is 27.7 Å². The van der Waals surface area contributed by atoms with E-state index in [0.717, 1.165) is 0 Å². The van der Waals surface area contributed by atoms with Crippen molar-refractivity contribution in [1.82, 2.24) is 0 Å². The minimum absolute atomic E-state index is 0.00810. The molecule has 17 heavy (non-hydrogen) atoms. The van der Waals surface area contributed by atoms with Crippen LogP contribution in [0.3, 0.4) is 0 Å². The molecular weight excluding hydrogens is 224 g/mol. The van der Waals surface area contributed by atoms with Crippen LogP contribution >= 0.6 is 0 Å². The fourth-order valence-corrected chi connectivity index (χ4v) is 3.14. The summed E-state index contributed by atoms with van der Waals surface area (Å²) in [6, 6.07) is 0. The number of hydrogen-bond donors (Lipinski definition) is 1. The second-order valence-corrected chi connectivity index (χ2v) is 6.10. The maximum Gasteiger partial charge on any atom is 0.179 e. The predicted octanol–water partition coefficient (Wildman–Crippen LogP) is 0.998. The monoisotopic (exact) mass is 244 g/mol. The Kier molecular flexibility index (Phi) is 2.25. The van der Waals surface area contributed by atoms with Gasteiger partial charge in [-0.1, -0.05) is 0 Å². The smallest absolute Gasteiger partial charge is 0.179 e. The first-order chi connectivity index (χ1) is 7.71. The lowest BCUT2D eigenvalue weighted by Crippen LogP contribution is -2.72. The highest BCUT2D eigenvalue weighted by atomic mass is 16.8. The molecule has 0 radical (unpaired) electrons. The molecule has 5 heteroatoms. The van der Waals surface area contributed by atoms with Gasteiger partial charge in [-0.2, -0.15) is 0 Å². The summed E-state index contributed by atoms with van der Waals surface area (Å²) in [5.74, 6) is -2.58. The van der Waals surface area contributed by atoms with E-state index in [0.29, 0.717) is 13.0 Å². The molecule has 0 aromatic carbocycles. The van der Waals surface area contributed by atoms with Crippen molar-refractivity contribution in [2.45, 2.75) is 63.7 Å². The zero-order valence-electron chi connectivity index (χ0n) is 10.7. The molecule has 0 aromatic rings. The van der Waals surface area contributed by atoms with Crippen molar-refractivity contribution in [2.24, 2.45) is 5.92 Å². The summed E-state index contributed by atoms with van der Waals surface area (Å²) in [7, 11) is 0. The number of rotatable bonds is 1. The van der Waals surface area contributed by atoms with E-state index in [1.807, 2.05) is 27.7 Å². The van der Waals surface area contributed by atoms with Crippen molar-refractivity contribution in [2.75, 3.05) is 6.61 Å². The van der Waals surface area contributed by atoms with Crippen LogP contribution in [-0.4, -0.2) is 41.3 Å².